The molecule has 1 heterocycles. The second kappa shape index (κ2) is 5.27. The molecule has 0 saturated heterocycles. The van der Waals surface area contributed by atoms with Crippen LogP contribution in [-0.2, 0) is 6.61 Å². The van der Waals surface area contributed by atoms with Crippen LogP contribution in [0.1, 0.15) is 50.8 Å². The number of aryl methyl sites for hydroxylation is 1. The van der Waals surface area contributed by atoms with Crippen LogP contribution in [-0.4, -0.2) is 16.2 Å². The first kappa shape index (κ1) is 13.3. The van der Waals surface area contributed by atoms with Crippen LogP contribution in [0.25, 0.3) is 0 Å². The van der Waals surface area contributed by atoms with Gasteiger partial charge in [0.2, 0.25) is 0 Å². The van der Waals surface area contributed by atoms with Crippen LogP contribution in [0.2, 0.25) is 0 Å². The molecule has 1 aromatic heterocycles. The van der Waals surface area contributed by atoms with Crippen LogP contribution in [0.4, 0.5) is 0 Å². The monoisotopic (exact) mass is 249 g/mol. The third kappa shape index (κ3) is 3.22. The fourth-order valence-electron chi connectivity index (χ4n) is 2.46. The summed E-state index contributed by atoms with van der Waals surface area (Å²) in [4.78, 5) is 4.19. The van der Waals surface area contributed by atoms with E-state index in [0.717, 1.165) is 29.8 Å². The molecule has 0 spiro atoms. The Morgan fingerprint density at radius 1 is 1.39 bits per heavy atom. The summed E-state index contributed by atoms with van der Waals surface area (Å²) < 4.78 is 6.05. The predicted octanol–water partition coefficient (Wildman–Crippen LogP) is 3.23. The van der Waals surface area contributed by atoms with Gasteiger partial charge < -0.3 is 9.84 Å². The summed E-state index contributed by atoms with van der Waals surface area (Å²) >= 11 is 0. The third-order valence-corrected chi connectivity index (χ3v) is 3.83. The molecule has 1 aliphatic rings. The molecule has 3 nitrogen and oxygen atoms in total. The largest absolute Gasteiger partial charge is 0.490 e. The molecule has 1 fully saturated rings. The van der Waals surface area contributed by atoms with Crippen molar-refractivity contribution in [2.45, 2.75) is 59.2 Å². The second-order valence-electron chi connectivity index (χ2n) is 6.07. The lowest BCUT2D eigenvalue weighted by Gasteiger charge is -2.34. The lowest BCUT2D eigenvalue weighted by atomic mass is 9.76. The van der Waals surface area contributed by atoms with Gasteiger partial charge in [-0.25, -0.2) is 0 Å². The molecule has 0 radical (unpaired) electrons. The molecular weight excluding hydrogens is 226 g/mol. The number of hydrogen-bond donors (Lipinski definition) is 1. The number of nitrogens with zero attached hydrogens (tertiary/aromatic N) is 1. The first-order valence-corrected chi connectivity index (χ1v) is 6.73. The minimum Gasteiger partial charge on any atom is -0.490 e. The van der Waals surface area contributed by atoms with E-state index in [4.69, 9.17) is 4.74 Å². The number of aliphatic hydroxyl groups excluding tert-OH is 1. The Morgan fingerprint density at radius 2 is 2.06 bits per heavy atom. The van der Waals surface area contributed by atoms with Crippen LogP contribution < -0.4 is 4.74 Å². The zero-order chi connectivity index (χ0) is 13.2. The Kier molecular flexibility index (Phi) is 3.91. The molecule has 1 aliphatic carbocycles. The van der Waals surface area contributed by atoms with Crippen LogP contribution in [0.15, 0.2) is 12.3 Å². The topological polar surface area (TPSA) is 42.4 Å². The molecule has 18 heavy (non-hydrogen) atoms. The minimum atomic E-state index is -0.0131. The van der Waals surface area contributed by atoms with E-state index in [2.05, 4.69) is 18.8 Å². The van der Waals surface area contributed by atoms with E-state index in [9.17, 15) is 5.11 Å². The van der Waals surface area contributed by atoms with Crippen molar-refractivity contribution in [3.63, 3.8) is 0 Å². The van der Waals surface area contributed by atoms with Crippen LogP contribution in [0.5, 0.6) is 5.75 Å². The van der Waals surface area contributed by atoms with Crippen molar-refractivity contribution in [3.05, 3.63) is 23.5 Å². The van der Waals surface area contributed by atoms with Crippen molar-refractivity contribution in [2.24, 2.45) is 5.41 Å². The Morgan fingerprint density at radius 3 is 2.67 bits per heavy atom. The van der Waals surface area contributed by atoms with Gasteiger partial charge in [0, 0.05) is 23.5 Å². The Bertz CT molecular complexity index is 405. The number of pyridine rings is 1. The summed E-state index contributed by atoms with van der Waals surface area (Å²) in [6, 6.07) is 1.92. The smallest absolute Gasteiger partial charge is 0.128 e. The molecule has 1 saturated carbocycles. The minimum absolute atomic E-state index is 0.0131. The van der Waals surface area contributed by atoms with Crippen LogP contribution in [0.3, 0.4) is 0 Å². The SMILES string of the molecule is Cc1cc(OC2CCC(C)(C)CC2)c(CO)cn1. The molecule has 100 valence electrons. The first-order valence-electron chi connectivity index (χ1n) is 6.73. The molecular formula is C15H23NO2. The lowest BCUT2D eigenvalue weighted by Crippen LogP contribution is -2.28. The molecule has 0 atom stereocenters. The molecule has 0 bridgehead atoms. The fourth-order valence-corrected chi connectivity index (χ4v) is 2.46. The number of aliphatic hydroxyl groups is 1. The van der Waals surface area contributed by atoms with Gasteiger partial charge in [-0.05, 0) is 38.0 Å². The predicted molar refractivity (Wildman–Crippen MR) is 71.6 cm³/mol. The van der Waals surface area contributed by atoms with Crippen molar-refractivity contribution in [3.8, 4) is 5.75 Å². The van der Waals surface area contributed by atoms with Gasteiger partial charge in [-0.3, -0.25) is 4.98 Å². The van der Waals surface area contributed by atoms with Gasteiger partial charge in [-0.15, -0.1) is 0 Å². The molecule has 0 unspecified atom stereocenters. The number of aromatic nitrogens is 1. The maximum absolute atomic E-state index is 9.30. The molecule has 0 amide bonds. The molecule has 1 aromatic rings. The van der Waals surface area contributed by atoms with E-state index >= 15 is 0 Å². The highest BCUT2D eigenvalue weighted by atomic mass is 16.5. The number of ether oxygens (including phenoxy) is 1. The highest BCUT2D eigenvalue weighted by molar-refractivity contribution is 5.32. The fraction of sp³-hybridized carbons (Fsp3) is 0.667. The standard InChI is InChI=1S/C15H23NO2/c1-11-8-14(12(10-17)9-16-11)18-13-4-6-15(2,3)7-5-13/h8-9,13,17H,4-7,10H2,1-3H3. The van der Waals surface area contributed by atoms with Crippen molar-refractivity contribution in [2.75, 3.05) is 0 Å². The van der Waals surface area contributed by atoms with E-state index in [1.165, 1.54) is 12.8 Å². The average molecular weight is 249 g/mol. The average Bonchev–Trinajstić information content (AvgIpc) is 2.32. The summed E-state index contributed by atoms with van der Waals surface area (Å²) in [5.41, 5.74) is 2.16. The van der Waals surface area contributed by atoms with Gasteiger partial charge in [0.15, 0.2) is 0 Å². The Labute approximate surface area is 109 Å². The third-order valence-electron chi connectivity index (χ3n) is 3.83. The van der Waals surface area contributed by atoms with Gasteiger partial charge in [0.1, 0.15) is 5.75 Å². The van der Waals surface area contributed by atoms with Crippen molar-refractivity contribution >= 4 is 0 Å². The quantitative estimate of drug-likeness (QED) is 0.894. The zero-order valence-corrected chi connectivity index (χ0v) is 11.6. The van der Waals surface area contributed by atoms with E-state index in [1.54, 1.807) is 6.20 Å². The molecule has 2 rings (SSSR count). The number of hydrogen-bond acceptors (Lipinski definition) is 3. The van der Waals surface area contributed by atoms with E-state index in [-0.39, 0.29) is 12.7 Å². The molecule has 0 aromatic carbocycles. The highest BCUT2D eigenvalue weighted by Crippen LogP contribution is 2.37. The Balaban J connectivity index is 2.04. The van der Waals surface area contributed by atoms with Crippen molar-refractivity contribution in [1.29, 1.82) is 0 Å². The summed E-state index contributed by atoms with van der Waals surface area (Å²) in [5.74, 6) is 0.801. The van der Waals surface area contributed by atoms with Crippen molar-refractivity contribution in [1.82, 2.24) is 4.98 Å². The summed E-state index contributed by atoms with van der Waals surface area (Å²) in [6.45, 7) is 6.57. The maximum atomic E-state index is 9.30. The molecule has 0 aliphatic heterocycles. The molecule has 3 heteroatoms. The summed E-state index contributed by atoms with van der Waals surface area (Å²) in [6.07, 6.45) is 6.59. The molecule has 1 N–H and O–H groups in total. The zero-order valence-electron chi connectivity index (χ0n) is 11.6. The van der Waals surface area contributed by atoms with Gasteiger partial charge >= 0.3 is 0 Å². The van der Waals surface area contributed by atoms with Gasteiger partial charge in [0.25, 0.3) is 0 Å². The summed E-state index contributed by atoms with van der Waals surface area (Å²) in [7, 11) is 0. The van der Waals surface area contributed by atoms with E-state index in [0.29, 0.717) is 5.41 Å². The van der Waals surface area contributed by atoms with Crippen LogP contribution in [0, 0.1) is 12.3 Å². The van der Waals surface area contributed by atoms with E-state index < -0.39 is 0 Å². The van der Waals surface area contributed by atoms with Crippen LogP contribution >= 0.6 is 0 Å². The number of rotatable bonds is 3. The van der Waals surface area contributed by atoms with Crippen molar-refractivity contribution < 1.29 is 9.84 Å². The Hall–Kier alpha value is -1.09. The van der Waals surface area contributed by atoms with Gasteiger partial charge in [0.05, 0.1) is 12.7 Å². The van der Waals surface area contributed by atoms with Gasteiger partial charge in [-0.2, -0.15) is 0 Å². The lowest BCUT2D eigenvalue weighted by molar-refractivity contribution is 0.0963. The maximum Gasteiger partial charge on any atom is 0.128 e. The first-order chi connectivity index (χ1) is 8.50. The summed E-state index contributed by atoms with van der Waals surface area (Å²) in [5, 5.41) is 9.30. The highest BCUT2D eigenvalue weighted by Gasteiger charge is 2.28. The van der Waals surface area contributed by atoms with Gasteiger partial charge in [-0.1, -0.05) is 13.8 Å². The second-order valence-corrected chi connectivity index (χ2v) is 6.07. The normalized spacial score (nSPS) is 19.8. The van der Waals surface area contributed by atoms with E-state index in [1.807, 2.05) is 13.0 Å².